The first kappa shape index (κ1) is 10.4. The minimum absolute atomic E-state index is 0.436. The van der Waals surface area contributed by atoms with Gasteiger partial charge in [-0.05, 0) is 6.07 Å². The van der Waals surface area contributed by atoms with Gasteiger partial charge in [-0.3, -0.25) is 0 Å². The van der Waals surface area contributed by atoms with Gasteiger partial charge in [0.05, 0.1) is 6.61 Å². The molecule has 0 bridgehead atoms. The molecule has 0 unspecified atom stereocenters. The molecule has 74 valence electrons. The van der Waals surface area contributed by atoms with Crippen LogP contribution in [0.1, 0.15) is 12.0 Å². The number of benzene rings is 1. The van der Waals surface area contributed by atoms with E-state index in [4.69, 9.17) is 22.6 Å². The Labute approximate surface area is 84.0 Å². The highest BCUT2D eigenvalue weighted by Crippen LogP contribution is 2.21. The van der Waals surface area contributed by atoms with Crippen molar-refractivity contribution in [3.8, 4) is 18.1 Å². The van der Waals surface area contributed by atoms with Crippen molar-refractivity contribution >= 4 is 5.69 Å². The van der Waals surface area contributed by atoms with Crippen LogP contribution in [0.5, 0.6) is 5.75 Å². The highest BCUT2D eigenvalue weighted by molar-refractivity contribution is 5.48. The van der Waals surface area contributed by atoms with Gasteiger partial charge in [-0.2, -0.15) is 0 Å². The van der Waals surface area contributed by atoms with Crippen molar-refractivity contribution in [3.63, 3.8) is 0 Å². The van der Waals surface area contributed by atoms with E-state index in [0.717, 1.165) is 11.3 Å². The molecule has 0 fully saturated rings. The van der Waals surface area contributed by atoms with Crippen LogP contribution in [-0.2, 0) is 6.54 Å². The van der Waals surface area contributed by atoms with Gasteiger partial charge in [0.1, 0.15) is 5.75 Å². The standard InChI is InChI=1S/C11H14N2O/c1-2-3-6-14-11-7-10(13)5-4-9(11)8-12/h1,4-5,7H,3,6,8,12-13H2. The minimum atomic E-state index is 0.436. The third-order valence-corrected chi connectivity index (χ3v) is 1.82. The van der Waals surface area contributed by atoms with Crippen molar-refractivity contribution in [3.05, 3.63) is 23.8 Å². The van der Waals surface area contributed by atoms with E-state index in [1.54, 1.807) is 12.1 Å². The molecule has 1 aromatic rings. The Morgan fingerprint density at radius 2 is 2.21 bits per heavy atom. The van der Waals surface area contributed by atoms with Crippen molar-refractivity contribution in [2.45, 2.75) is 13.0 Å². The highest BCUT2D eigenvalue weighted by atomic mass is 16.5. The number of ether oxygens (including phenoxy) is 1. The van der Waals surface area contributed by atoms with Crippen molar-refractivity contribution in [1.29, 1.82) is 0 Å². The molecule has 0 saturated carbocycles. The molecular formula is C11H14N2O. The quantitative estimate of drug-likeness (QED) is 0.425. The highest BCUT2D eigenvalue weighted by Gasteiger charge is 2.01. The summed E-state index contributed by atoms with van der Waals surface area (Å²) in [4.78, 5) is 0. The second-order valence-electron chi connectivity index (χ2n) is 2.87. The van der Waals surface area contributed by atoms with Crippen molar-refractivity contribution in [2.75, 3.05) is 12.3 Å². The number of nitrogens with two attached hydrogens (primary N) is 2. The Kier molecular flexibility index (Phi) is 3.84. The Morgan fingerprint density at radius 3 is 2.86 bits per heavy atom. The lowest BCUT2D eigenvalue weighted by Crippen LogP contribution is -2.04. The zero-order valence-electron chi connectivity index (χ0n) is 7.99. The number of nitrogen functional groups attached to an aromatic ring is 1. The molecule has 0 radical (unpaired) electrons. The molecule has 0 aliphatic heterocycles. The lowest BCUT2D eigenvalue weighted by atomic mass is 10.2. The SMILES string of the molecule is C#CCCOc1cc(N)ccc1CN. The normalized spacial score (nSPS) is 9.43. The van der Waals surface area contributed by atoms with Gasteiger partial charge in [-0.25, -0.2) is 0 Å². The molecule has 0 aliphatic carbocycles. The Balaban J connectivity index is 2.73. The van der Waals surface area contributed by atoms with Crippen LogP contribution >= 0.6 is 0 Å². The van der Waals surface area contributed by atoms with Gasteiger partial charge < -0.3 is 16.2 Å². The fraction of sp³-hybridized carbons (Fsp3) is 0.273. The maximum absolute atomic E-state index is 5.63. The van der Waals surface area contributed by atoms with Crippen molar-refractivity contribution in [2.24, 2.45) is 5.73 Å². The van der Waals surface area contributed by atoms with E-state index in [1.165, 1.54) is 0 Å². The van der Waals surface area contributed by atoms with Gasteiger partial charge in [-0.1, -0.05) is 6.07 Å². The molecule has 0 aromatic heterocycles. The third-order valence-electron chi connectivity index (χ3n) is 1.82. The van der Waals surface area contributed by atoms with Gasteiger partial charge in [0.2, 0.25) is 0 Å². The average Bonchev–Trinajstić information content (AvgIpc) is 2.19. The van der Waals surface area contributed by atoms with Crippen LogP contribution in [0, 0.1) is 12.3 Å². The van der Waals surface area contributed by atoms with E-state index in [2.05, 4.69) is 5.92 Å². The molecule has 4 N–H and O–H groups in total. The maximum atomic E-state index is 5.63. The Hall–Kier alpha value is -1.66. The number of hydrogen-bond acceptors (Lipinski definition) is 3. The van der Waals surface area contributed by atoms with E-state index >= 15 is 0 Å². The third kappa shape index (κ3) is 2.68. The van der Waals surface area contributed by atoms with Gasteiger partial charge >= 0.3 is 0 Å². The average molecular weight is 190 g/mol. The van der Waals surface area contributed by atoms with Gasteiger partial charge in [0.25, 0.3) is 0 Å². The van der Waals surface area contributed by atoms with Crippen LogP contribution in [0.15, 0.2) is 18.2 Å². The van der Waals surface area contributed by atoms with E-state index < -0.39 is 0 Å². The molecule has 0 atom stereocenters. The molecule has 0 spiro atoms. The first-order valence-electron chi connectivity index (χ1n) is 4.42. The molecule has 3 nitrogen and oxygen atoms in total. The second-order valence-corrected chi connectivity index (χ2v) is 2.87. The molecule has 1 aromatic carbocycles. The van der Waals surface area contributed by atoms with Crippen LogP contribution in [0.3, 0.4) is 0 Å². The molecule has 0 heterocycles. The van der Waals surface area contributed by atoms with Gasteiger partial charge in [0.15, 0.2) is 0 Å². The molecule has 3 heteroatoms. The summed E-state index contributed by atoms with van der Waals surface area (Å²) in [7, 11) is 0. The number of rotatable bonds is 4. The van der Waals surface area contributed by atoms with Crippen molar-refractivity contribution in [1.82, 2.24) is 0 Å². The van der Waals surface area contributed by atoms with Crippen LogP contribution < -0.4 is 16.2 Å². The predicted octanol–water partition coefficient (Wildman–Crippen LogP) is 1.13. The summed E-state index contributed by atoms with van der Waals surface area (Å²) < 4.78 is 5.45. The summed E-state index contributed by atoms with van der Waals surface area (Å²) in [5.74, 6) is 3.23. The maximum Gasteiger partial charge on any atom is 0.125 e. The number of hydrogen-bond donors (Lipinski definition) is 2. The number of anilines is 1. The van der Waals surface area contributed by atoms with E-state index in [1.807, 2.05) is 6.07 Å². The monoisotopic (exact) mass is 190 g/mol. The zero-order valence-corrected chi connectivity index (χ0v) is 7.99. The summed E-state index contributed by atoms with van der Waals surface area (Å²) in [6.45, 7) is 0.929. The second kappa shape index (κ2) is 5.15. The lowest BCUT2D eigenvalue weighted by molar-refractivity contribution is 0.324. The Bertz CT molecular complexity index is 342. The van der Waals surface area contributed by atoms with E-state index in [0.29, 0.717) is 25.3 Å². The van der Waals surface area contributed by atoms with Crippen LogP contribution in [0.4, 0.5) is 5.69 Å². The fourth-order valence-electron chi connectivity index (χ4n) is 1.09. The molecule has 1 rings (SSSR count). The summed E-state index contributed by atoms with van der Waals surface area (Å²) in [5.41, 5.74) is 12.8. The fourth-order valence-corrected chi connectivity index (χ4v) is 1.09. The van der Waals surface area contributed by atoms with Gasteiger partial charge in [-0.15, -0.1) is 12.3 Å². The lowest BCUT2D eigenvalue weighted by Gasteiger charge is -2.09. The summed E-state index contributed by atoms with van der Waals surface area (Å²) in [6.07, 6.45) is 5.70. The number of terminal acetylenes is 1. The molecule has 0 amide bonds. The summed E-state index contributed by atoms with van der Waals surface area (Å²) >= 11 is 0. The largest absolute Gasteiger partial charge is 0.492 e. The first-order chi connectivity index (χ1) is 6.77. The molecule has 14 heavy (non-hydrogen) atoms. The van der Waals surface area contributed by atoms with Crippen LogP contribution in [0.25, 0.3) is 0 Å². The van der Waals surface area contributed by atoms with E-state index in [9.17, 15) is 0 Å². The Morgan fingerprint density at radius 1 is 1.43 bits per heavy atom. The molecular weight excluding hydrogens is 176 g/mol. The molecule has 0 saturated heterocycles. The molecule has 0 aliphatic rings. The first-order valence-corrected chi connectivity index (χ1v) is 4.42. The summed E-state index contributed by atoms with van der Waals surface area (Å²) in [6, 6.07) is 5.43. The summed E-state index contributed by atoms with van der Waals surface area (Å²) in [5, 5.41) is 0. The minimum Gasteiger partial charge on any atom is -0.492 e. The predicted molar refractivity (Wildman–Crippen MR) is 57.7 cm³/mol. The van der Waals surface area contributed by atoms with Crippen molar-refractivity contribution < 1.29 is 4.74 Å². The van der Waals surface area contributed by atoms with Crippen LogP contribution in [0.2, 0.25) is 0 Å². The smallest absolute Gasteiger partial charge is 0.125 e. The van der Waals surface area contributed by atoms with Gasteiger partial charge in [0, 0.05) is 30.3 Å². The topological polar surface area (TPSA) is 61.3 Å². The van der Waals surface area contributed by atoms with E-state index in [-0.39, 0.29) is 0 Å². The zero-order chi connectivity index (χ0) is 10.4. The van der Waals surface area contributed by atoms with Crippen LogP contribution in [-0.4, -0.2) is 6.61 Å².